The van der Waals surface area contributed by atoms with E-state index in [-0.39, 0.29) is 36.4 Å². The third-order valence-corrected chi connectivity index (χ3v) is 17.3. The molecule has 16 nitrogen and oxygen atoms in total. The van der Waals surface area contributed by atoms with E-state index in [4.69, 9.17) is 37.9 Å². The number of allylic oxidation sites excluding steroid dienone is 1. The van der Waals surface area contributed by atoms with Gasteiger partial charge in [-0.25, -0.2) is 0 Å². The number of ether oxygens (including phenoxy) is 8. The topological polar surface area (TPSA) is 236 Å². The Morgan fingerprint density at radius 3 is 2.12 bits per heavy atom. The first-order valence-corrected chi connectivity index (χ1v) is 22.7. The van der Waals surface area contributed by atoms with Crippen LogP contribution in [-0.2, 0) is 37.9 Å². The van der Waals surface area contributed by atoms with Crippen LogP contribution in [0.1, 0.15) is 92.9 Å². The van der Waals surface area contributed by atoms with Crippen LogP contribution in [-0.4, -0.2) is 164 Å². The van der Waals surface area contributed by atoms with Crippen molar-refractivity contribution in [1.82, 2.24) is 0 Å². The molecule has 0 amide bonds. The molecule has 0 aromatic rings. The Morgan fingerprint density at radius 1 is 0.683 bits per heavy atom. The summed E-state index contributed by atoms with van der Waals surface area (Å²) in [7, 11) is 0. The lowest BCUT2D eigenvalue weighted by atomic mass is 9.46. The normalized spacial score (nSPS) is 59.2. The molecule has 4 aliphatic carbocycles. The Kier molecular flexibility index (Phi) is 12.0. The van der Waals surface area contributed by atoms with Gasteiger partial charge in [-0.1, -0.05) is 39.3 Å². The number of hydrogen-bond acceptors (Lipinski definition) is 16. The second-order valence-corrected chi connectivity index (χ2v) is 20.7. The van der Waals surface area contributed by atoms with Crippen molar-refractivity contribution in [3.05, 3.63) is 11.6 Å². The standard InChI is InChI=1S/C44H70O16/c1-18-9-12-44(54-16-18)19(2)30-28(60-44)15-26-24-8-7-22-13-23(45)14-29(43(22,6)25(24)10-11-42(26,30)5)57-41-38(59-40-36(52)34(50)31(47)20(3)55-40)37(32(48)21(4)56-41)58-39-35(51)33(49)27(46)17-53-39/h7,18-21,23-41,45-52H,8-17H2,1-6H3/t18-,19+,20+,21-,23+,24-,25+,26-,27-,28-,29+,30-,31+,32+,33-,34-,35-,36-,37+,38-,39+,40+,41+,42-,43-,44-/m1/s1. The van der Waals surface area contributed by atoms with Gasteiger partial charge in [-0.2, -0.15) is 0 Å². The van der Waals surface area contributed by atoms with Gasteiger partial charge < -0.3 is 78.7 Å². The highest BCUT2D eigenvalue weighted by atomic mass is 16.8. The lowest BCUT2D eigenvalue weighted by Crippen LogP contribution is -2.66. The molecule has 5 saturated heterocycles. The van der Waals surface area contributed by atoms with E-state index < -0.39 is 109 Å². The summed E-state index contributed by atoms with van der Waals surface area (Å²) in [5.41, 5.74) is 0.681. The van der Waals surface area contributed by atoms with Gasteiger partial charge in [0.1, 0.15) is 54.9 Å². The molecule has 1 spiro atoms. The van der Waals surface area contributed by atoms with E-state index in [1.54, 1.807) is 6.92 Å². The average Bonchev–Trinajstić information content (AvgIpc) is 3.66. The minimum Gasteiger partial charge on any atom is -0.393 e. The summed E-state index contributed by atoms with van der Waals surface area (Å²) >= 11 is 0. The molecule has 9 aliphatic rings. The monoisotopic (exact) mass is 854 g/mol. The summed E-state index contributed by atoms with van der Waals surface area (Å²) in [5, 5.41) is 86.8. The molecule has 5 aliphatic heterocycles. The number of aliphatic hydroxyl groups is 8. The van der Waals surface area contributed by atoms with Crippen molar-refractivity contribution >= 4 is 0 Å². The van der Waals surface area contributed by atoms with E-state index in [2.05, 4.69) is 33.8 Å². The van der Waals surface area contributed by atoms with Crippen LogP contribution in [0.2, 0.25) is 0 Å². The van der Waals surface area contributed by atoms with Crippen LogP contribution in [0, 0.1) is 46.3 Å². The molecule has 0 radical (unpaired) electrons. The second-order valence-electron chi connectivity index (χ2n) is 20.7. The Balaban J connectivity index is 1.01. The third kappa shape index (κ3) is 7.01. The maximum atomic E-state index is 11.6. The first-order chi connectivity index (χ1) is 28.4. The number of aliphatic hydroxyl groups excluding tert-OH is 8. The van der Waals surface area contributed by atoms with Crippen LogP contribution in [0.3, 0.4) is 0 Å². The van der Waals surface area contributed by atoms with Crippen LogP contribution in [0.5, 0.6) is 0 Å². The van der Waals surface area contributed by atoms with Gasteiger partial charge in [0.05, 0.1) is 43.7 Å². The largest absolute Gasteiger partial charge is 0.393 e. The van der Waals surface area contributed by atoms with Gasteiger partial charge in [0.25, 0.3) is 0 Å². The summed E-state index contributed by atoms with van der Waals surface area (Å²) in [5.74, 6) is 1.67. The van der Waals surface area contributed by atoms with Gasteiger partial charge in [0.15, 0.2) is 24.7 Å². The van der Waals surface area contributed by atoms with Crippen LogP contribution in [0.25, 0.3) is 0 Å². The minimum atomic E-state index is -1.72. The summed E-state index contributed by atoms with van der Waals surface area (Å²) in [6.07, 6.45) is -12.0. The van der Waals surface area contributed by atoms with Crippen molar-refractivity contribution in [1.29, 1.82) is 0 Å². The molecular weight excluding hydrogens is 784 g/mol. The zero-order valence-corrected chi connectivity index (χ0v) is 35.8. The zero-order valence-electron chi connectivity index (χ0n) is 35.8. The molecule has 3 saturated carbocycles. The molecular formula is C44H70O16. The number of hydrogen-bond donors (Lipinski definition) is 8. The summed E-state index contributed by atoms with van der Waals surface area (Å²) in [4.78, 5) is 0. The fourth-order valence-corrected chi connectivity index (χ4v) is 13.8. The Bertz CT molecular complexity index is 1580. The van der Waals surface area contributed by atoms with Gasteiger partial charge in [0.2, 0.25) is 0 Å². The molecule has 9 rings (SSSR count). The molecule has 342 valence electrons. The van der Waals surface area contributed by atoms with E-state index in [0.717, 1.165) is 50.7 Å². The van der Waals surface area contributed by atoms with E-state index in [0.29, 0.717) is 30.1 Å². The van der Waals surface area contributed by atoms with Crippen LogP contribution < -0.4 is 0 Å². The highest BCUT2D eigenvalue weighted by Crippen LogP contribution is 2.71. The fraction of sp³-hybridized carbons (Fsp3) is 0.955. The van der Waals surface area contributed by atoms with Gasteiger partial charge >= 0.3 is 0 Å². The second kappa shape index (κ2) is 16.2. The van der Waals surface area contributed by atoms with Crippen LogP contribution >= 0.6 is 0 Å². The van der Waals surface area contributed by atoms with Crippen molar-refractivity contribution in [2.24, 2.45) is 46.3 Å². The maximum Gasteiger partial charge on any atom is 0.187 e. The van der Waals surface area contributed by atoms with Gasteiger partial charge in [0, 0.05) is 24.2 Å². The Labute approximate surface area is 352 Å². The highest BCUT2D eigenvalue weighted by molar-refractivity contribution is 5.29. The van der Waals surface area contributed by atoms with Gasteiger partial charge in [-0.15, -0.1) is 0 Å². The van der Waals surface area contributed by atoms with E-state index >= 15 is 0 Å². The van der Waals surface area contributed by atoms with E-state index in [1.807, 2.05) is 0 Å². The van der Waals surface area contributed by atoms with Crippen molar-refractivity contribution in [3.63, 3.8) is 0 Å². The lowest BCUT2D eigenvalue weighted by molar-refractivity contribution is -0.391. The molecule has 0 aromatic carbocycles. The molecule has 26 atom stereocenters. The quantitative estimate of drug-likeness (QED) is 0.173. The van der Waals surface area contributed by atoms with Crippen molar-refractivity contribution in [3.8, 4) is 0 Å². The Morgan fingerprint density at radius 2 is 1.38 bits per heavy atom. The maximum absolute atomic E-state index is 11.6. The average molecular weight is 855 g/mol. The van der Waals surface area contributed by atoms with Crippen LogP contribution in [0.15, 0.2) is 11.6 Å². The first kappa shape index (κ1) is 44.3. The van der Waals surface area contributed by atoms with Crippen molar-refractivity contribution in [2.75, 3.05) is 13.2 Å². The molecule has 0 bridgehead atoms. The fourth-order valence-electron chi connectivity index (χ4n) is 13.8. The lowest BCUT2D eigenvalue weighted by Gasteiger charge is -2.60. The SMILES string of the molecule is C[C@@H]1CC[C@@]2(OC1)O[C@@H]1C[C@@H]3[C@@H]4CC=C5C[C@H](O)C[C@H](O[C@@H]6O[C@H](C)[C@H](O)[C@H](O[C@@H]7OC[C@@H](O)[C@@H](O)[C@H]7O)[C@H]6O[C@@H]6O[C@@H](C)[C@H](O)[C@@H](O)[C@H]6O)[C@@]5(C)[C@H]4CC[C@@]3(C)[C@@H]1[C@@H]2C. The third-order valence-electron chi connectivity index (χ3n) is 17.3. The van der Waals surface area contributed by atoms with Gasteiger partial charge in [-0.3, -0.25) is 0 Å². The van der Waals surface area contributed by atoms with Crippen molar-refractivity contribution < 1.29 is 78.7 Å². The predicted octanol–water partition coefficient (Wildman–Crippen LogP) is 0.852. The van der Waals surface area contributed by atoms with E-state index in [1.165, 1.54) is 6.92 Å². The smallest absolute Gasteiger partial charge is 0.187 e. The van der Waals surface area contributed by atoms with E-state index in [9.17, 15) is 40.9 Å². The van der Waals surface area contributed by atoms with Gasteiger partial charge in [-0.05, 0) is 87.4 Å². The molecule has 0 aromatic heterocycles. The molecule has 5 heterocycles. The zero-order chi connectivity index (χ0) is 42.8. The van der Waals surface area contributed by atoms with Crippen molar-refractivity contribution in [2.45, 2.75) is 203 Å². The summed E-state index contributed by atoms with van der Waals surface area (Å²) < 4.78 is 51.1. The molecule has 8 N–H and O–H groups in total. The minimum absolute atomic E-state index is 0.0699. The van der Waals surface area contributed by atoms with Crippen LogP contribution in [0.4, 0.5) is 0 Å². The first-order valence-electron chi connectivity index (χ1n) is 22.7. The highest BCUT2D eigenvalue weighted by Gasteiger charge is 2.69. The molecule has 0 unspecified atom stereocenters. The summed E-state index contributed by atoms with van der Waals surface area (Å²) in [6.45, 7) is 12.8. The number of fused-ring (bicyclic) bond motifs is 7. The summed E-state index contributed by atoms with van der Waals surface area (Å²) in [6, 6.07) is 0. The molecule has 16 heteroatoms. The number of rotatable bonds is 6. The molecule has 60 heavy (non-hydrogen) atoms. The molecule has 8 fully saturated rings. The Hall–Kier alpha value is -0.900. The predicted molar refractivity (Wildman–Crippen MR) is 208 cm³/mol.